The first kappa shape index (κ1) is 13.8. The zero-order valence-corrected chi connectivity index (χ0v) is 9.97. The summed E-state index contributed by atoms with van der Waals surface area (Å²) in [7, 11) is 0. The first-order chi connectivity index (χ1) is 8.54. The molecule has 6 nitrogen and oxygen atoms in total. The quantitative estimate of drug-likeness (QED) is 0.532. The fraction of sp³-hybridized carbons (Fsp3) is 0.333. The van der Waals surface area contributed by atoms with Crippen molar-refractivity contribution in [1.29, 1.82) is 0 Å². The number of hydrogen-bond acceptors (Lipinski definition) is 5. The summed E-state index contributed by atoms with van der Waals surface area (Å²) in [5.74, 6) is -1.48. The van der Waals surface area contributed by atoms with Gasteiger partial charge in [0.05, 0.1) is 13.0 Å². The van der Waals surface area contributed by atoms with E-state index in [0.717, 1.165) is 6.07 Å². The van der Waals surface area contributed by atoms with Crippen LogP contribution in [0.2, 0.25) is 0 Å². The van der Waals surface area contributed by atoms with Crippen molar-refractivity contribution in [2.75, 3.05) is 13.2 Å². The number of carbonyl (C=O) groups excluding carboxylic acids is 2. The van der Waals surface area contributed by atoms with Gasteiger partial charge in [0.15, 0.2) is 11.5 Å². The molecule has 0 aliphatic heterocycles. The van der Waals surface area contributed by atoms with E-state index in [0.29, 0.717) is 6.61 Å². The Kier molecular flexibility index (Phi) is 4.98. The van der Waals surface area contributed by atoms with Gasteiger partial charge in [0.1, 0.15) is 0 Å². The summed E-state index contributed by atoms with van der Waals surface area (Å²) in [5.41, 5.74) is 0.203. The predicted octanol–water partition coefficient (Wildman–Crippen LogP) is 0.781. The SMILES string of the molecule is CCOC(=O)CCNC(=O)c1ccc(O)c(O)c1. The third-order valence-electron chi connectivity index (χ3n) is 2.16. The largest absolute Gasteiger partial charge is 0.504 e. The molecule has 1 amide bonds. The molecule has 1 aromatic carbocycles. The van der Waals surface area contributed by atoms with Gasteiger partial charge in [-0.3, -0.25) is 9.59 Å². The average Bonchev–Trinajstić information content (AvgIpc) is 2.33. The van der Waals surface area contributed by atoms with Crippen LogP contribution in [0.3, 0.4) is 0 Å². The summed E-state index contributed by atoms with van der Waals surface area (Å²) in [5, 5.41) is 20.8. The normalized spacial score (nSPS) is 9.83. The number of hydrogen-bond donors (Lipinski definition) is 3. The molecule has 6 heteroatoms. The van der Waals surface area contributed by atoms with Gasteiger partial charge in [0, 0.05) is 12.1 Å². The number of phenolic OH excluding ortho intramolecular Hbond substituents is 2. The maximum absolute atomic E-state index is 11.6. The molecule has 3 N–H and O–H groups in total. The minimum absolute atomic E-state index is 0.0870. The summed E-state index contributed by atoms with van der Waals surface area (Å²) in [4.78, 5) is 22.6. The summed E-state index contributed by atoms with van der Waals surface area (Å²) in [6.07, 6.45) is 0.0870. The Hall–Kier alpha value is -2.24. The van der Waals surface area contributed by atoms with Gasteiger partial charge in [-0.25, -0.2) is 0 Å². The predicted molar refractivity (Wildman–Crippen MR) is 63.4 cm³/mol. The maximum Gasteiger partial charge on any atom is 0.307 e. The topological polar surface area (TPSA) is 95.9 Å². The number of nitrogens with one attached hydrogen (secondary N) is 1. The van der Waals surface area contributed by atoms with E-state index in [1.807, 2.05) is 0 Å². The molecule has 1 rings (SSSR count). The third-order valence-corrected chi connectivity index (χ3v) is 2.16. The van der Waals surface area contributed by atoms with Gasteiger partial charge >= 0.3 is 5.97 Å². The number of esters is 1. The number of rotatable bonds is 5. The molecule has 0 bridgehead atoms. The first-order valence-electron chi connectivity index (χ1n) is 5.50. The van der Waals surface area contributed by atoms with Crippen molar-refractivity contribution in [3.63, 3.8) is 0 Å². The lowest BCUT2D eigenvalue weighted by atomic mass is 10.2. The van der Waals surface area contributed by atoms with Crippen LogP contribution in [0.25, 0.3) is 0 Å². The fourth-order valence-electron chi connectivity index (χ4n) is 1.28. The van der Waals surface area contributed by atoms with Gasteiger partial charge in [-0.2, -0.15) is 0 Å². The van der Waals surface area contributed by atoms with Gasteiger partial charge in [-0.15, -0.1) is 0 Å². The van der Waals surface area contributed by atoms with Crippen LogP contribution < -0.4 is 5.32 Å². The van der Waals surface area contributed by atoms with E-state index in [1.165, 1.54) is 12.1 Å². The minimum atomic E-state index is -0.436. The Bertz CT molecular complexity index is 444. The van der Waals surface area contributed by atoms with Gasteiger partial charge in [-0.05, 0) is 25.1 Å². The number of benzene rings is 1. The van der Waals surface area contributed by atoms with Gasteiger partial charge < -0.3 is 20.3 Å². The van der Waals surface area contributed by atoms with Crippen molar-refractivity contribution in [1.82, 2.24) is 5.32 Å². The van der Waals surface area contributed by atoms with E-state index in [9.17, 15) is 14.7 Å². The van der Waals surface area contributed by atoms with Crippen molar-refractivity contribution in [3.8, 4) is 11.5 Å². The zero-order chi connectivity index (χ0) is 13.5. The molecule has 0 spiro atoms. The van der Waals surface area contributed by atoms with Crippen molar-refractivity contribution in [3.05, 3.63) is 23.8 Å². The highest BCUT2D eigenvalue weighted by Crippen LogP contribution is 2.24. The molecule has 0 radical (unpaired) electrons. The molecule has 0 saturated carbocycles. The first-order valence-corrected chi connectivity index (χ1v) is 5.50. The van der Waals surface area contributed by atoms with Crippen molar-refractivity contribution in [2.24, 2.45) is 0 Å². The number of amides is 1. The fourth-order valence-corrected chi connectivity index (χ4v) is 1.28. The highest BCUT2D eigenvalue weighted by atomic mass is 16.5. The Morgan fingerprint density at radius 1 is 1.28 bits per heavy atom. The Labute approximate surface area is 104 Å². The Morgan fingerprint density at radius 3 is 2.61 bits per heavy atom. The minimum Gasteiger partial charge on any atom is -0.504 e. The molecule has 0 aliphatic carbocycles. The van der Waals surface area contributed by atoms with Crippen molar-refractivity contribution < 1.29 is 24.5 Å². The molecule has 0 atom stereocenters. The van der Waals surface area contributed by atoms with E-state index in [4.69, 9.17) is 9.84 Å². The zero-order valence-electron chi connectivity index (χ0n) is 9.97. The lowest BCUT2D eigenvalue weighted by Gasteiger charge is -2.06. The standard InChI is InChI=1S/C12H15NO5/c1-2-18-11(16)5-6-13-12(17)8-3-4-9(14)10(15)7-8/h3-4,7,14-15H,2,5-6H2,1H3,(H,13,17). The molecule has 0 heterocycles. The van der Waals surface area contributed by atoms with E-state index in [-0.39, 0.29) is 36.0 Å². The highest BCUT2D eigenvalue weighted by Gasteiger charge is 2.09. The van der Waals surface area contributed by atoms with Gasteiger partial charge in [0.2, 0.25) is 0 Å². The van der Waals surface area contributed by atoms with Gasteiger partial charge in [0.25, 0.3) is 5.91 Å². The number of phenols is 2. The van der Waals surface area contributed by atoms with Crippen LogP contribution in [0.5, 0.6) is 11.5 Å². The Balaban J connectivity index is 2.45. The van der Waals surface area contributed by atoms with Gasteiger partial charge in [-0.1, -0.05) is 0 Å². The van der Waals surface area contributed by atoms with E-state index in [2.05, 4.69) is 5.32 Å². The molecule has 98 valence electrons. The van der Waals surface area contributed by atoms with Crippen LogP contribution in [0.1, 0.15) is 23.7 Å². The second-order valence-electron chi connectivity index (χ2n) is 3.51. The number of carbonyl (C=O) groups is 2. The second kappa shape index (κ2) is 6.48. The van der Waals surface area contributed by atoms with Crippen LogP contribution in [0.15, 0.2) is 18.2 Å². The lowest BCUT2D eigenvalue weighted by molar-refractivity contribution is -0.142. The average molecular weight is 253 g/mol. The summed E-state index contributed by atoms with van der Waals surface area (Å²) < 4.78 is 4.70. The molecule has 0 saturated heterocycles. The van der Waals surface area contributed by atoms with Crippen LogP contribution in [0.4, 0.5) is 0 Å². The van der Waals surface area contributed by atoms with Crippen LogP contribution in [-0.2, 0) is 9.53 Å². The molecule has 0 aromatic heterocycles. The molecule has 1 aromatic rings. The van der Waals surface area contributed by atoms with E-state index < -0.39 is 5.91 Å². The van der Waals surface area contributed by atoms with E-state index >= 15 is 0 Å². The van der Waals surface area contributed by atoms with Crippen LogP contribution in [0, 0.1) is 0 Å². The monoisotopic (exact) mass is 253 g/mol. The second-order valence-corrected chi connectivity index (χ2v) is 3.51. The van der Waals surface area contributed by atoms with Crippen LogP contribution >= 0.6 is 0 Å². The molecule has 0 fully saturated rings. The maximum atomic E-state index is 11.6. The number of ether oxygens (including phenoxy) is 1. The molecule has 0 unspecified atom stereocenters. The summed E-state index contributed by atoms with van der Waals surface area (Å²) in [6.45, 7) is 2.16. The third kappa shape index (κ3) is 3.97. The smallest absolute Gasteiger partial charge is 0.307 e. The molecular formula is C12H15NO5. The van der Waals surface area contributed by atoms with Crippen molar-refractivity contribution >= 4 is 11.9 Å². The highest BCUT2D eigenvalue weighted by molar-refractivity contribution is 5.95. The summed E-state index contributed by atoms with van der Waals surface area (Å²) in [6, 6.07) is 3.74. The van der Waals surface area contributed by atoms with Crippen LogP contribution in [-0.4, -0.2) is 35.2 Å². The molecule has 0 aliphatic rings. The van der Waals surface area contributed by atoms with E-state index in [1.54, 1.807) is 6.92 Å². The molecular weight excluding hydrogens is 238 g/mol. The lowest BCUT2D eigenvalue weighted by Crippen LogP contribution is -2.26. The number of aromatic hydroxyl groups is 2. The summed E-state index contributed by atoms with van der Waals surface area (Å²) >= 11 is 0. The Morgan fingerprint density at radius 2 is 2.00 bits per heavy atom. The van der Waals surface area contributed by atoms with Crippen molar-refractivity contribution in [2.45, 2.75) is 13.3 Å². The molecule has 18 heavy (non-hydrogen) atoms.